The Balaban J connectivity index is 2.37. The first kappa shape index (κ1) is 14.3. The van der Waals surface area contributed by atoms with Crippen molar-refractivity contribution < 1.29 is 13.2 Å². The zero-order valence-electron chi connectivity index (χ0n) is 9.91. The summed E-state index contributed by atoms with van der Waals surface area (Å²) < 4.78 is 37.6. The van der Waals surface area contributed by atoms with E-state index >= 15 is 0 Å². The average Bonchev–Trinajstić information content (AvgIpc) is 2.36. The predicted molar refractivity (Wildman–Crippen MR) is 70.2 cm³/mol. The van der Waals surface area contributed by atoms with Crippen LogP contribution in [0.4, 0.5) is 13.2 Å². The van der Waals surface area contributed by atoms with Crippen molar-refractivity contribution in [3.8, 4) is 0 Å². The topological polar surface area (TPSA) is 45.8 Å². The van der Waals surface area contributed by atoms with Gasteiger partial charge in [0.25, 0.3) is 0 Å². The minimum Gasteiger partial charge on any atom is -0.302 e. The number of alkyl halides is 3. The first-order valence-corrected chi connectivity index (χ1v) is 5.85. The highest BCUT2D eigenvalue weighted by Crippen LogP contribution is 2.27. The SMILES string of the molecule is O=c1nc(/C=C/c2ccccc2Cl)cc(C(F)(F)F)[nH]1. The summed E-state index contributed by atoms with van der Waals surface area (Å²) in [5.74, 6) is 0. The van der Waals surface area contributed by atoms with Crippen molar-refractivity contribution in [1.82, 2.24) is 9.97 Å². The van der Waals surface area contributed by atoms with E-state index in [1.54, 1.807) is 29.2 Å². The molecule has 104 valence electrons. The smallest absolute Gasteiger partial charge is 0.302 e. The van der Waals surface area contributed by atoms with E-state index in [2.05, 4.69) is 4.98 Å². The number of hydrogen-bond donors (Lipinski definition) is 1. The van der Waals surface area contributed by atoms with Gasteiger partial charge in [-0.05, 0) is 23.8 Å². The van der Waals surface area contributed by atoms with Crippen molar-refractivity contribution in [1.29, 1.82) is 0 Å². The van der Waals surface area contributed by atoms with Crippen LogP contribution in [0, 0.1) is 0 Å². The molecule has 2 aromatic rings. The summed E-state index contributed by atoms with van der Waals surface area (Å²) in [6.07, 6.45) is -1.84. The molecule has 0 unspecified atom stereocenters. The van der Waals surface area contributed by atoms with Gasteiger partial charge in [0.15, 0.2) is 0 Å². The number of hydrogen-bond acceptors (Lipinski definition) is 2. The van der Waals surface area contributed by atoms with E-state index in [1.165, 1.54) is 12.2 Å². The van der Waals surface area contributed by atoms with Gasteiger partial charge in [-0.25, -0.2) is 4.79 Å². The van der Waals surface area contributed by atoms with Crippen LogP contribution >= 0.6 is 11.6 Å². The lowest BCUT2D eigenvalue weighted by molar-refractivity contribution is -0.141. The van der Waals surface area contributed by atoms with Gasteiger partial charge in [-0.15, -0.1) is 0 Å². The molecule has 2 rings (SSSR count). The molecule has 0 aliphatic heterocycles. The van der Waals surface area contributed by atoms with E-state index in [0.717, 1.165) is 6.07 Å². The first-order chi connectivity index (χ1) is 9.36. The quantitative estimate of drug-likeness (QED) is 0.921. The Kier molecular flexibility index (Phi) is 3.94. The van der Waals surface area contributed by atoms with Crippen molar-refractivity contribution in [2.45, 2.75) is 6.18 Å². The minimum atomic E-state index is -4.63. The molecule has 0 amide bonds. The maximum absolute atomic E-state index is 12.5. The largest absolute Gasteiger partial charge is 0.431 e. The maximum atomic E-state index is 12.5. The van der Waals surface area contributed by atoms with Gasteiger partial charge < -0.3 is 4.98 Å². The zero-order chi connectivity index (χ0) is 14.8. The number of aromatic amines is 1. The van der Waals surface area contributed by atoms with Gasteiger partial charge in [-0.2, -0.15) is 18.2 Å². The predicted octanol–water partition coefficient (Wildman–Crippen LogP) is 3.61. The van der Waals surface area contributed by atoms with Crippen LogP contribution in [0.25, 0.3) is 12.2 Å². The third-order valence-corrected chi connectivity index (χ3v) is 2.75. The van der Waals surface area contributed by atoms with Gasteiger partial charge >= 0.3 is 11.9 Å². The van der Waals surface area contributed by atoms with E-state index in [1.807, 2.05) is 0 Å². The highest BCUT2D eigenvalue weighted by Gasteiger charge is 2.32. The van der Waals surface area contributed by atoms with Gasteiger partial charge in [-0.1, -0.05) is 35.9 Å². The molecule has 0 saturated carbocycles. The monoisotopic (exact) mass is 300 g/mol. The molecule has 0 radical (unpaired) electrons. The molecule has 1 aromatic carbocycles. The molecule has 0 atom stereocenters. The molecule has 1 heterocycles. The van der Waals surface area contributed by atoms with Crippen LogP contribution in [0.15, 0.2) is 35.1 Å². The molecule has 0 spiro atoms. The molecule has 0 aliphatic rings. The summed E-state index contributed by atoms with van der Waals surface area (Å²) in [6, 6.07) is 7.56. The molecule has 0 bridgehead atoms. The molecular weight excluding hydrogens is 293 g/mol. The normalized spacial score (nSPS) is 12.0. The second-order valence-corrected chi connectivity index (χ2v) is 4.28. The first-order valence-electron chi connectivity index (χ1n) is 5.47. The lowest BCUT2D eigenvalue weighted by atomic mass is 10.2. The number of nitrogens with zero attached hydrogens (tertiary/aromatic N) is 1. The Bertz CT molecular complexity index is 707. The van der Waals surface area contributed by atoms with Crippen LogP contribution in [0.2, 0.25) is 5.02 Å². The molecule has 7 heteroatoms. The molecule has 1 aromatic heterocycles. The molecular formula is C13H8ClF3N2O. The van der Waals surface area contributed by atoms with Crippen molar-refractivity contribution >= 4 is 23.8 Å². The molecule has 0 aliphatic carbocycles. The van der Waals surface area contributed by atoms with E-state index in [4.69, 9.17) is 11.6 Å². The molecule has 1 N–H and O–H groups in total. The zero-order valence-corrected chi connectivity index (χ0v) is 10.7. The third kappa shape index (κ3) is 3.48. The van der Waals surface area contributed by atoms with Gasteiger partial charge in [0, 0.05) is 5.02 Å². The van der Waals surface area contributed by atoms with Gasteiger partial charge in [0.1, 0.15) is 5.69 Å². The molecule has 0 saturated heterocycles. The highest BCUT2D eigenvalue weighted by atomic mass is 35.5. The fraction of sp³-hybridized carbons (Fsp3) is 0.0769. The Hall–Kier alpha value is -2.08. The fourth-order valence-electron chi connectivity index (χ4n) is 1.50. The number of rotatable bonds is 2. The van der Waals surface area contributed by atoms with E-state index in [0.29, 0.717) is 10.6 Å². The lowest BCUT2D eigenvalue weighted by Crippen LogP contribution is -2.19. The summed E-state index contributed by atoms with van der Waals surface area (Å²) >= 11 is 5.91. The third-order valence-electron chi connectivity index (χ3n) is 2.41. The highest BCUT2D eigenvalue weighted by molar-refractivity contribution is 6.32. The lowest BCUT2D eigenvalue weighted by Gasteiger charge is -2.05. The van der Waals surface area contributed by atoms with Gasteiger partial charge in [0.05, 0.1) is 5.69 Å². The van der Waals surface area contributed by atoms with Crippen LogP contribution in [-0.2, 0) is 6.18 Å². The van der Waals surface area contributed by atoms with Crippen LogP contribution < -0.4 is 5.69 Å². The van der Waals surface area contributed by atoms with Crippen molar-refractivity contribution in [3.05, 3.63) is 62.8 Å². The molecule has 20 heavy (non-hydrogen) atoms. The van der Waals surface area contributed by atoms with E-state index in [9.17, 15) is 18.0 Å². The average molecular weight is 301 g/mol. The van der Waals surface area contributed by atoms with Crippen LogP contribution in [0.1, 0.15) is 17.0 Å². The van der Waals surface area contributed by atoms with Gasteiger partial charge in [0.2, 0.25) is 0 Å². The summed E-state index contributed by atoms with van der Waals surface area (Å²) in [6.45, 7) is 0. The molecule has 3 nitrogen and oxygen atoms in total. The van der Waals surface area contributed by atoms with Crippen LogP contribution in [0.5, 0.6) is 0 Å². The standard InChI is InChI=1S/C13H8ClF3N2O/c14-10-4-2-1-3-8(10)5-6-9-7-11(13(15,16)17)19-12(20)18-9/h1-7H,(H,18,19,20)/b6-5+. The number of aromatic nitrogens is 2. The molecule has 0 fully saturated rings. The van der Waals surface area contributed by atoms with Crippen molar-refractivity contribution in [3.63, 3.8) is 0 Å². The van der Waals surface area contributed by atoms with E-state index < -0.39 is 17.6 Å². The minimum absolute atomic E-state index is 0.0963. The maximum Gasteiger partial charge on any atom is 0.431 e. The fourth-order valence-corrected chi connectivity index (χ4v) is 1.70. The summed E-state index contributed by atoms with van der Waals surface area (Å²) in [5.41, 5.74) is -1.68. The van der Waals surface area contributed by atoms with Gasteiger partial charge in [-0.3, -0.25) is 0 Å². The number of halogens is 4. The summed E-state index contributed by atoms with van der Waals surface area (Å²) in [4.78, 5) is 16.2. The van der Waals surface area contributed by atoms with Crippen LogP contribution in [0.3, 0.4) is 0 Å². The van der Waals surface area contributed by atoms with E-state index in [-0.39, 0.29) is 5.69 Å². The Labute approximate surface area is 116 Å². The number of H-pyrrole nitrogens is 1. The Morgan fingerprint density at radius 1 is 1.20 bits per heavy atom. The summed E-state index contributed by atoms with van der Waals surface area (Å²) in [7, 11) is 0. The van der Waals surface area contributed by atoms with Crippen molar-refractivity contribution in [2.24, 2.45) is 0 Å². The Morgan fingerprint density at radius 2 is 1.90 bits per heavy atom. The number of benzene rings is 1. The number of nitrogens with one attached hydrogen (secondary N) is 1. The Morgan fingerprint density at radius 3 is 2.55 bits per heavy atom. The second-order valence-electron chi connectivity index (χ2n) is 3.88. The summed E-state index contributed by atoms with van der Waals surface area (Å²) in [5, 5.41) is 0.449. The van der Waals surface area contributed by atoms with Crippen molar-refractivity contribution in [2.75, 3.05) is 0 Å². The second kappa shape index (κ2) is 5.50. The van der Waals surface area contributed by atoms with Crippen LogP contribution in [-0.4, -0.2) is 9.97 Å².